The number of nitrogens with two attached hydrogens (primary N) is 1. The number of nitrogens with zero attached hydrogens (tertiary/aromatic N) is 4. The van der Waals surface area contributed by atoms with Crippen molar-refractivity contribution in [3.05, 3.63) is 48.5 Å². The Hall–Kier alpha value is -3.68. The molecule has 0 aromatic carbocycles. The summed E-state index contributed by atoms with van der Waals surface area (Å²) in [7, 11) is 3.44. The summed E-state index contributed by atoms with van der Waals surface area (Å²) in [5.74, 6) is 1.12. The smallest absolute Gasteiger partial charge is 0.229 e. The molecule has 1 amide bonds. The number of hydrogen-bond acceptors (Lipinski definition) is 6. The molecule has 4 aromatic rings. The van der Waals surface area contributed by atoms with E-state index >= 15 is 0 Å². The first-order chi connectivity index (χ1) is 14.1. The lowest BCUT2D eigenvalue weighted by Crippen LogP contribution is -2.29. The van der Waals surface area contributed by atoms with E-state index in [1.807, 2.05) is 37.5 Å². The van der Waals surface area contributed by atoms with Crippen LogP contribution in [0.25, 0.3) is 27.5 Å². The Labute approximate surface area is 166 Å². The van der Waals surface area contributed by atoms with Crippen LogP contribution in [-0.4, -0.2) is 39.6 Å². The van der Waals surface area contributed by atoms with Gasteiger partial charge < -0.3 is 15.8 Å². The molecule has 8 heteroatoms. The first-order valence-corrected chi connectivity index (χ1v) is 9.36. The Morgan fingerprint density at radius 3 is 2.72 bits per heavy atom. The fourth-order valence-corrected chi connectivity index (χ4v) is 3.77. The molecule has 1 saturated carbocycles. The van der Waals surface area contributed by atoms with Crippen molar-refractivity contribution < 1.29 is 9.53 Å². The summed E-state index contributed by atoms with van der Waals surface area (Å²) >= 11 is 0. The highest BCUT2D eigenvalue weighted by Gasteiger charge is 2.51. The Balaban J connectivity index is 1.74. The van der Waals surface area contributed by atoms with Crippen molar-refractivity contribution in [1.82, 2.24) is 19.6 Å². The molecule has 5 rings (SSSR count). The minimum absolute atomic E-state index is 0.325. The summed E-state index contributed by atoms with van der Waals surface area (Å²) in [6, 6.07) is 7.80. The molecule has 1 aliphatic carbocycles. The average molecular weight is 388 g/mol. The first-order valence-electron chi connectivity index (χ1n) is 9.36. The van der Waals surface area contributed by atoms with Crippen LogP contribution >= 0.6 is 0 Å². The summed E-state index contributed by atoms with van der Waals surface area (Å²) in [6.07, 6.45) is 6.84. The Bertz CT molecular complexity index is 1280. The van der Waals surface area contributed by atoms with E-state index in [0.29, 0.717) is 5.69 Å². The molecule has 29 heavy (non-hydrogen) atoms. The monoisotopic (exact) mass is 388 g/mol. The van der Waals surface area contributed by atoms with Gasteiger partial charge >= 0.3 is 0 Å². The second kappa shape index (κ2) is 6.16. The predicted molar refractivity (Wildman–Crippen MR) is 110 cm³/mol. The van der Waals surface area contributed by atoms with Gasteiger partial charge in [-0.2, -0.15) is 5.10 Å². The topological polar surface area (TPSA) is 107 Å². The molecule has 8 nitrogen and oxygen atoms in total. The Morgan fingerprint density at radius 1 is 1.21 bits per heavy atom. The lowest BCUT2D eigenvalue weighted by molar-refractivity contribution is -0.120. The van der Waals surface area contributed by atoms with Crippen LogP contribution in [0.4, 0.5) is 5.82 Å². The van der Waals surface area contributed by atoms with Gasteiger partial charge in [-0.15, -0.1) is 0 Å². The zero-order valence-corrected chi connectivity index (χ0v) is 16.1. The van der Waals surface area contributed by atoms with Crippen molar-refractivity contribution in [2.24, 2.45) is 5.73 Å². The summed E-state index contributed by atoms with van der Waals surface area (Å²) in [5, 5.41) is 9.60. The minimum Gasteiger partial charge on any atom is -0.495 e. The van der Waals surface area contributed by atoms with Crippen molar-refractivity contribution in [3.8, 4) is 17.0 Å². The molecule has 0 radical (unpaired) electrons. The normalized spacial score (nSPS) is 14.8. The molecule has 146 valence electrons. The van der Waals surface area contributed by atoms with Crippen LogP contribution in [0.2, 0.25) is 0 Å². The van der Waals surface area contributed by atoms with Crippen molar-refractivity contribution in [1.29, 1.82) is 0 Å². The van der Waals surface area contributed by atoms with Gasteiger partial charge in [0.15, 0.2) is 0 Å². The Morgan fingerprint density at radius 2 is 2.03 bits per heavy atom. The number of methoxy groups -OCH3 is 1. The van der Waals surface area contributed by atoms with Crippen LogP contribution in [0.3, 0.4) is 0 Å². The van der Waals surface area contributed by atoms with Gasteiger partial charge in [0.2, 0.25) is 5.91 Å². The highest BCUT2D eigenvalue weighted by molar-refractivity contribution is 6.02. The number of ether oxygens (including phenoxy) is 1. The fourth-order valence-electron chi connectivity index (χ4n) is 3.77. The van der Waals surface area contributed by atoms with Gasteiger partial charge in [-0.25, -0.2) is 9.50 Å². The van der Waals surface area contributed by atoms with E-state index in [2.05, 4.69) is 15.3 Å². The number of fused-ring (bicyclic) bond motifs is 2. The molecule has 3 N–H and O–H groups in total. The van der Waals surface area contributed by atoms with Gasteiger partial charge in [-0.05, 0) is 42.5 Å². The number of primary amides is 1. The molecule has 1 fully saturated rings. The second-order valence-electron chi connectivity index (χ2n) is 7.30. The van der Waals surface area contributed by atoms with Gasteiger partial charge in [0.05, 0.1) is 35.6 Å². The lowest BCUT2D eigenvalue weighted by Gasteiger charge is -2.14. The molecular formula is C21H20N6O2. The van der Waals surface area contributed by atoms with E-state index in [1.54, 1.807) is 24.0 Å². The van der Waals surface area contributed by atoms with E-state index in [1.165, 1.54) is 0 Å². The Kier molecular flexibility index (Phi) is 3.70. The number of carbonyl (C=O) groups is 1. The third-order valence-corrected chi connectivity index (χ3v) is 5.66. The summed E-state index contributed by atoms with van der Waals surface area (Å²) in [6.45, 7) is 0. The third kappa shape index (κ3) is 2.60. The van der Waals surface area contributed by atoms with Crippen LogP contribution in [0, 0.1) is 0 Å². The van der Waals surface area contributed by atoms with E-state index in [0.717, 1.165) is 52.0 Å². The van der Waals surface area contributed by atoms with Gasteiger partial charge in [0, 0.05) is 30.4 Å². The van der Waals surface area contributed by atoms with E-state index in [-0.39, 0.29) is 5.91 Å². The maximum Gasteiger partial charge on any atom is 0.229 e. The number of carbonyl (C=O) groups excluding carboxylic acids is 1. The van der Waals surface area contributed by atoms with Crippen LogP contribution in [-0.2, 0) is 10.2 Å². The molecule has 4 aromatic heterocycles. The zero-order valence-electron chi connectivity index (χ0n) is 16.1. The minimum atomic E-state index is -0.652. The van der Waals surface area contributed by atoms with Crippen LogP contribution in [0.15, 0.2) is 42.9 Å². The summed E-state index contributed by atoms with van der Waals surface area (Å²) < 4.78 is 7.06. The number of rotatable bonds is 5. The molecule has 4 heterocycles. The van der Waals surface area contributed by atoms with Crippen LogP contribution in [0.5, 0.6) is 5.75 Å². The van der Waals surface area contributed by atoms with Crippen molar-refractivity contribution in [2.45, 2.75) is 18.3 Å². The second-order valence-corrected chi connectivity index (χ2v) is 7.30. The number of anilines is 1. The molecule has 0 saturated heterocycles. The fraction of sp³-hybridized carbons (Fsp3) is 0.238. The van der Waals surface area contributed by atoms with Gasteiger partial charge in [-0.1, -0.05) is 0 Å². The maximum absolute atomic E-state index is 12.0. The van der Waals surface area contributed by atoms with Crippen LogP contribution in [0.1, 0.15) is 18.5 Å². The highest BCUT2D eigenvalue weighted by atomic mass is 16.5. The molecule has 0 bridgehead atoms. The summed E-state index contributed by atoms with van der Waals surface area (Å²) in [4.78, 5) is 21.1. The number of amides is 1. The zero-order chi connectivity index (χ0) is 20.2. The lowest BCUT2D eigenvalue weighted by atomic mass is 9.97. The average Bonchev–Trinajstić information content (AvgIpc) is 3.46. The molecule has 0 atom stereocenters. The number of aromatic nitrogens is 4. The molecular weight excluding hydrogens is 368 g/mol. The van der Waals surface area contributed by atoms with Gasteiger partial charge in [0.25, 0.3) is 0 Å². The first kappa shape index (κ1) is 17.4. The van der Waals surface area contributed by atoms with E-state index in [4.69, 9.17) is 15.6 Å². The predicted octanol–water partition coefficient (Wildman–Crippen LogP) is 2.51. The van der Waals surface area contributed by atoms with Crippen LogP contribution < -0.4 is 15.8 Å². The third-order valence-electron chi connectivity index (χ3n) is 5.66. The van der Waals surface area contributed by atoms with E-state index < -0.39 is 5.41 Å². The number of hydrogen-bond donors (Lipinski definition) is 2. The molecule has 0 unspecified atom stereocenters. The largest absolute Gasteiger partial charge is 0.495 e. The van der Waals surface area contributed by atoms with Crippen molar-refractivity contribution in [2.75, 3.05) is 19.5 Å². The standard InChI is InChI=1S/C21H20N6O2/c1-23-19-16-10-24-18(21(5-6-21)20(22)28)8-14(16)15(9-25-19)17-7-12-3-4-13(29-2)11-27(12)26-17/h3-4,7-11H,5-6H2,1-2H3,(H2,22,28)(H,23,25). The van der Waals surface area contributed by atoms with E-state index in [9.17, 15) is 4.79 Å². The number of nitrogens with one attached hydrogen (secondary N) is 1. The highest BCUT2D eigenvalue weighted by Crippen LogP contribution is 2.48. The van der Waals surface area contributed by atoms with Gasteiger partial charge in [-0.3, -0.25) is 9.78 Å². The van der Waals surface area contributed by atoms with Gasteiger partial charge in [0.1, 0.15) is 11.6 Å². The summed E-state index contributed by atoms with van der Waals surface area (Å²) in [5.41, 5.74) is 8.30. The van der Waals surface area contributed by atoms with Crippen molar-refractivity contribution >= 4 is 28.0 Å². The van der Waals surface area contributed by atoms with Crippen molar-refractivity contribution in [3.63, 3.8) is 0 Å². The SMILES string of the molecule is CNc1ncc(-c2cc3ccc(OC)cn3n2)c2cc(C3(C(N)=O)CC3)ncc12. The quantitative estimate of drug-likeness (QED) is 0.544. The molecule has 0 aliphatic heterocycles. The maximum atomic E-state index is 12.0. The molecule has 0 spiro atoms. The molecule has 1 aliphatic rings. The number of pyridine rings is 3.